The minimum Gasteiger partial charge on any atom is -0.332 e. The van der Waals surface area contributed by atoms with Gasteiger partial charge in [-0.1, -0.05) is 37.6 Å². The molecule has 2 amide bonds. The summed E-state index contributed by atoms with van der Waals surface area (Å²) in [4.78, 5) is 41.4. The molecule has 0 fully saturated rings. The third kappa shape index (κ3) is 7.11. The van der Waals surface area contributed by atoms with Crippen molar-refractivity contribution in [2.24, 2.45) is 5.92 Å². The molecule has 0 aliphatic rings. The molecule has 0 bridgehead atoms. The fraction of sp³-hybridized carbons (Fsp3) is 0.308. The van der Waals surface area contributed by atoms with Crippen LogP contribution in [0.4, 0.5) is 10.1 Å². The Hall–Kier alpha value is -3.30. The number of halogens is 2. The molecule has 7 nitrogen and oxygen atoms in total. The van der Waals surface area contributed by atoms with Crippen LogP contribution in [0.15, 0.2) is 53.9 Å². The number of non-ortho nitro benzene ring substituents is 1. The second-order valence-electron chi connectivity index (χ2n) is 8.90. The van der Waals surface area contributed by atoms with Crippen molar-refractivity contribution in [1.82, 2.24) is 9.80 Å². The van der Waals surface area contributed by atoms with Gasteiger partial charge in [0.2, 0.25) is 5.91 Å². The largest absolute Gasteiger partial charge is 0.332 e. The molecule has 3 aromatic rings. The Morgan fingerprint density at radius 1 is 1.08 bits per heavy atom. The Kier molecular flexibility index (Phi) is 9.17. The van der Waals surface area contributed by atoms with E-state index in [2.05, 4.69) is 0 Å². The molecule has 0 aliphatic heterocycles. The van der Waals surface area contributed by atoms with Crippen LogP contribution in [0.3, 0.4) is 0 Å². The molecule has 0 spiro atoms. The topological polar surface area (TPSA) is 83.8 Å². The second kappa shape index (κ2) is 12.1. The molecule has 0 saturated heterocycles. The number of benzene rings is 2. The lowest BCUT2D eigenvalue weighted by Crippen LogP contribution is -2.44. The van der Waals surface area contributed by atoms with Crippen LogP contribution in [0.2, 0.25) is 5.02 Å². The molecule has 0 radical (unpaired) electrons. The number of carbonyl (C=O) groups excluding carboxylic acids is 2. The number of hydrogen-bond donors (Lipinski definition) is 0. The zero-order chi connectivity index (χ0) is 26.4. The molecule has 1 aromatic heterocycles. The fourth-order valence-electron chi connectivity index (χ4n) is 3.67. The van der Waals surface area contributed by atoms with Crippen LogP contribution in [-0.2, 0) is 17.9 Å². The van der Waals surface area contributed by atoms with Crippen LogP contribution in [0.25, 0.3) is 0 Å². The number of thiophene rings is 1. The monoisotopic (exact) mass is 531 g/mol. The molecule has 1 heterocycles. The number of amides is 2. The maximum absolute atomic E-state index is 13.5. The Morgan fingerprint density at radius 3 is 2.33 bits per heavy atom. The van der Waals surface area contributed by atoms with Crippen LogP contribution in [0, 0.1) is 28.8 Å². The van der Waals surface area contributed by atoms with E-state index in [1.165, 1.54) is 40.5 Å². The average Bonchev–Trinajstić information content (AvgIpc) is 3.22. The number of hydrogen-bond acceptors (Lipinski definition) is 5. The summed E-state index contributed by atoms with van der Waals surface area (Å²) in [6.45, 7) is 6.51. The maximum Gasteiger partial charge on any atom is 0.270 e. The van der Waals surface area contributed by atoms with Gasteiger partial charge in [0, 0.05) is 30.1 Å². The quantitative estimate of drug-likeness (QED) is 0.234. The van der Waals surface area contributed by atoms with E-state index in [1.54, 1.807) is 17.0 Å². The van der Waals surface area contributed by atoms with Crippen molar-refractivity contribution >= 4 is 40.4 Å². The standard InChI is InChI=1S/C26H27ClFN3O4S/c1-17(2)13-30(26(33)22-9-8-21(31(34)35)12-23(22)27)16-25(32)29(15-24-18(3)10-11-36-24)14-19-4-6-20(28)7-5-19/h4-12,17H,13-16H2,1-3H3. The van der Waals surface area contributed by atoms with E-state index in [-0.39, 0.29) is 47.0 Å². The molecule has 0 saturated carbocycles. The van der Waals surface area contributed by atoms with Crippen molar-refractivity contribution in [1.29, 1.82) is 0 Å². The third-order valence-electron chi connectivity index (χ3n) is 5.53. The number of nitro groups is 1. The predicted octanol–water partition coefficient (Wildman–Crippen LogP) is 6.08. The van der Waals surface area contributed by atoms with Gasteiger partial charge in [0.05, 0.1) is 22.1 Å². The number of aryl methyl sites for hydroxylation is 1. The van der Waals surface area contributed by atoms with Gasteiger partial charge >= 0.3 is 0 Å². The summed E-state index contributed by atoms with van der Waals surface area (Å²) in [6.07, 6.45) is 0. The Labute approximate surface area is 218 Å². The van der Waals surface area contributed by atoms with Gasteiger partial charge < -0.3 is 9.80 Å². The molecule has 0 atom stereocenters. The summed E-state index contributed by atoms with van der Waals surface area (Å²) in [6, 6.07) is 11.6. The van der Waals surface area contributed by atoms with Crippen LogP contribution in [-0.4, -0.2) is 39.6 Å². The van der Waals surface area contributed by atoms with Crippen molar-refractivity contribution in [2.75, 3.05) is 13.1 Å². The normalized spacial score (nSPS) is 10.9. The summed E-state index contributed by atoms with van der Waals surface area (Å²) >= 11 is 7.74. The Bertz CT molecular complexity index is 1250. The van der Waals surface area contributed by atoms with Crippen molar-refractivity contribution in [3.8, 4) is 0 Å². The first-order chi connectivity index (χ1) is 17.0. The number of carbonyl (C=O) groups is 2. The van der Waals surface area contributed by atoms with Crippen LogP contribution >= 0.6 is 22.9 Å². The van der Waals surface area contributed by atoms with Gasteiger partial charge in [-0.05, 0) is 53.6 Å². The van der Waals surface area contributed by atoms with E-state index in [0.29, 0.717) is 13.1 Å². The van der Waals surface area contributed by atoms with Gasteiger partial charge in [-0.3, -0.25) is 19.7 Å². The SMILES string of the molecule is Cc1ccsc1CN(Cc1ccc(F)cc1)C(=O)CN(CC(C)C)C(=O)c1ccc([N+](=O)[O-])cc1Cl. The lowest BCUT2D eigenvalue weighted by Gasteiger charge is -2.29. The highest BCUT2D eigenvalue weighted by atomic mass is 35.5. The van der Waals surface area contributed by atoms with Crippen LogP contribution in [0.5, 0.6) is 0 Å². The maximum atomic E-state index is 13.5. The summed E-state index contributed by atoms with van der Waals surface area (Å²) in [5, 5.41) is 12.9. The number of rotatable bonds is 10. The van der Waals surface area contributed by atoms with Crippen molar-refractivity contribution < 1.29 is 18.9 Å². The average molecular weight is 532 g/mol. The molecule has 2 aromatic carbocycles. The van der Waals surface area contributed by atoms with Gasteiger partial charge in [-0.2, -0.15) is 0 Å². The highest BCUT2D eigenvalue weighted by Gasteiger charge is 2.26. The van der Waals surface area contributed by atoms with Crippen molar-refractivity contribution in [2.45, 2.75) is 33.9 Å². The summed E-state index contributed by atoms with van der Waals surface area (Å²) in [7, 11) is 0. The first kappa shape index (κ1) is 27.3. The highest BCUT2D eigenvalue weighted by Crippen LogP contribution is 2.25. The van der Waals surface area contributed by atoms with Crippen LogP contribution < -0.4 is 0 Å². The van der Waals surface area contributed by atoms with Gasteiger partial charge in [-0.15, -0.1) is 11.3 Å². The van der Waals surface area contributed by atoms with E-state index >= 15 is 0 Å². The smallest absolute Gasteiger partial charge is 0.270 e. The molecular formula is C26H27ClFN3O4S. The molecule has 36 heavy (non-hydrogen) atoms. The highest BCUT2D eigenvalue weighted by molar-refractivity contribution is 7.10. The molecule has 190 valence electrons. The third-order valence-corrected chi connectivity index (χ3v) is 6.86. The Morgan fingerprint density at radius 2 is 1.78 bits per heavy atom. The van der Waals surface area contributed by atoms with Crippen molar-refractivity contribution in [3.63, 3.8) is 0 Å². The molecule has 3 rings (SSSR count). The first-order valence-corrected chi connectivity index (χ1v) is 12.6. The first-order valence-electron chi connectivity index (χ1n) is 11.3. The molecule has 0 aliphatic carbocycles. The number of nitrogens with zero attached hydrogens (tertiary/aromatic N) is 3. The predicted molar refractivity (Wildman–Crippen MR) is 139 cm³/mol. The van der Waals surface area contributed by atoms with Gasteiger partial charge in [0.1, 0.15) is 12.4 Å². The Balaban J connectivity index is 1.87. The van der Waals surface area contributed by atoms with Gasteiger partial charge in [0.15, 0.2) is 0 Å². The van der Waals surface area contributed by atoms with E-state index in [4.69, 9.17) is 11.6 Å². The van der Waals surface area contributed by atoms with E-state index < -0.39 is 10.8 Å². The van der Waals surface area contributed by atoms with Gasteiger partial charge in [0.25, 0.3) is 11.6 Å². The molecule has 10 heteroatoms. The minimum absolute atomic E-state index is 0.0483. The summed E-state index contributed by atoms with van der Waals surface area (Å²) < 4.78 is 13.4. The number of nitro benzene ring substituents is 1. The zero-order valence-electron chi connectivity index (χ0n) is 20.2. The molecule has 0 unspecified atom stereocenters. The van der Waals surface area contributed by atoms with E-state index in [0.717, 1.165) is 22.1 Å². The summed E-state index contributed by atoms with van der Waals surface area (Å²) in [5.74, 6) is -1.06. The minimum atomic E-state index is -0.588. The lowest BCUT2D eigenvalue weighted by molar-refractivity contribution is -0.384. The second-order valence-corrected chi connectivity index (χ2v) is 10.3. The zero-order valence-corrected chi connectivity index (χ0v) is 21.8. The lowest BCUT2D eigenvalue weighted by atomic mass is 10.1. The molecule has 0 N–H and O–H groups in total. The van der Waals surface area contributed by atoms with E-state index in [1.807, 2.05) is 32.2 Å². The van der Waals surface area contributed by atoms with E-state index in [9.17, 15) is 24.1 Å². The van der Waals surface area contributed by atoms with Gasteiger partial charge in [-0.25, -0.2) is 4.39 Å². The fourth-order valence-corrected chi connectivity index (χ4v) is 4.84. The van der Waals surface area contributed by atoms with Crippen molar-refractivity contribution in [3.05, 3.63) is 96.4 Å². The van der Waals surface area contributed by atoms with Crippen LogP contribution in [0.1, 0.15) is 40.2 Å². The summed E-state index contributed by atoms with van der Waals surface area (Å²) in [5.41, 5.74) is 1.69. The molecular weight excluding hydrogens is 505 g/mol.